The van der Waals surface area contributed by atoms with E-state index in [2.05, 4.69) is 23.0 Å². The Morgan fingerprint density at radius 3 is 0.910 bits per heavy atom. The van der Waals surface area contributed by atoms with Gasteiger partial charge in [-0.2, -0.15) is 26.3 Å². The van der Waals surface area contributed by atoms with Crippen molar-refractivity contribution in [1.82, 2.24) is 0 Å². The molecule has 372 valence electrons. The number of allylic oxidation sites excluding steroid dienone is 4. The van der Waals surface area contributed by atoms with Gasteiger partial charge >= 0.3 is 17.8 Å². The molecule has 0 bridgehead atoms. The molecule has 4 heterocycles. The number of aryl methyl sites for hydroxylation is 2. The molecule has 1 saturated carbocycles. The zero-order valence-electron chi connectivity index (χ0n) is 41.5. The summed E-state index contributed by atoms with van der Waals surface area (Å²) in [7, 11) is 0. The summed E-state index contributed by atoms with van der Waals surface area (Å²) in [6.45, 7) is 9.76. The van der Waals surface area contributed by atoms with Crippen LogP contribution in [0.3, 0.4) is 0 Å². The molecule has 0 amide bonds. The van der Waals surface area contributed by atoms with Crippen molar-refractivity contribution >= 4 is 33.3 Å². The van der Waals surface area contributed by atoms with Crippen LogP contribution in [0.15, 0.2) is 83.5 Å². The molecule has 4 aliphatic rings. The lowest BCUT2D eigenvalue weighted by atomic mass is 9.71. The summed E-state index contributed by atoms with van der Waals surface area (Å²) in [5, 5.41) is 0. The molecular weight excluding hydrogens is 891 g/mol. The van der Waals surface area contributed by atoms with Crippen LogP contribution in [-0.4, -0.2) is 27.3 Å². The Labute approximate surface area is 409 Å². The van der Waals surface area contributed by atoms with Crippen LogP contribution < -0.4 is 9.13 Å². The molecule has 2 nitrogen and oxygen atoms in total. The zero-order valence-corrected chi connectivity index (χ0v) is 43.1. The number of halogens is 6. The second-order valence-corrected chi connectivity index (χ2v) is 23.4. The van der Waals surface area contributed by atoms with Crippen molar-refractivity contribution in [3.8, 4) is 0 Å². The fourth-order valence-corrected chi connectivity index (χ4v) is 13.9. The molecule has 0 radical (unpaired) electrons. The number of aromatic nitrogens is 2. The van der Waals surface area contributed by atoms with E-state index in [-0.39, 0.29) is 11.1 Å². The number of hydrogen-bond donors (Lipinski definition) is 0. The van der Waals surface area contributed by atoms with E-state index in [1.807, 2.05) is 49.1 Å². The predicted molar refractivity (Wildman–Crippen MR) is 271 cm³/mol. The van der Waals surface area contributed by atoms with Crippen LogP contribution in [0.2, 0.25) is 0 Å². The number of rotatable bonds is 32. The molecule has 0 spiro atoms. The summed E-state index contributed by atoms with van der Waals surface area (Å²) in [6.07, 6.45) is 47.1. The van der Waals surface area contributed by atoms with Crippen LogP contribution in [0.1, 0.15) is 219 Å². The van der Waals surface area contributed by atoms with E-state index in [1.165, 1.54) is 190 Å². The van der Waals surface area contributed by atoms with E-state index >= 15 is 26.3 Å². The maximum atomic E-state index is 16.0. The number of thioether (sulfide) groups is 2. The number of alkyl halides is 6. The van der Waals surface area contributed by atoms with Crippen molar-refractivity contribution in [2.24, 2.45) is 0 Å². The number of fused-ring (bicyclic) bond motifs is 4. The van der Waals surface area contributed by atoms with Crippen molar-refractivity contribution in [2.45, 2.75) is 248 Å². The second kappa shape index (κ2) is 25.1. The van der Waals surface area contributed by atoms with E-state index in [1.54, 1.807) is 13.8 Å². The van der Waals surface area contributed by atoms with Crippen LogP contribution in [0.25, 0.3) is 9.81 Å². The number of nitrogens with zero attached hydrogens (tertiary/aromatic N) is 2. The van der Waals surface area contributed by atoms with Crippen LogP contribution >= 0.6 is 23.5 Å². The summed E-state index contributed by atoms with van der Waals surface area (Å²) in [6, 6.07) is 7.69. The normalized spacial score (nSPS) is 22.3. The van der Waals surface area contributed by atoms with Gasteiger partial charge in [-0.15, -0.1) is 23.5 Å². The summed E-state index contributed by atoms with van der Waals surface area (Å²) < 4.78 is 96.7. The SMILES string of the molecule is CCCCCCCCCCCCCCCC[n+]1ccc(C2=CC3=C4C(=C5C=C(c6cc[n+](CCCCCCCCCCCCCCCC)cc6)S[C@@]5(C)[C@]3(C)S2)C(F)(F)C(F)(F)C4(F)F)cc1. The molecule has 2 aromatic heterocycles. The first-order chi connectivity index (χ1) is 32.2. The Morgan fingerprint density at radius 1 is 0.388 bits per heavy atom. The van der Waals surface area contributed by atoms with Crippen molar-refractivity contribution in [1.29, 1.82) is 0 Å². The lowest BCUT2D eigenvalue weighted by molar-refractivity contribution is -0.697. The number of unbranched alkanes of at least 4 members (excludes halogenated alkanes) is 26. The van der Waals surface area contributed by atoms with Crippen molar-refractivity contribution in [3.63, 3.8) is 0 Å². The fraction of sp³-hybridized carbons (Fsp3) is 0.684. The zero-order chi connectivity index (χ0) is 48.0. The Kier molecular flexibility index (Phi) is 20.2. The molecule has 0 aromatic carbocycles. The summed E-state index contributed by atoms with van der Waals surface area (Å²) >= 11 is 2.64. The molecule has 10 heteroatoms. The lowest BCUT2D eigenvalue weighted by Crippen LogP contribution is -2.48. The number of pyridine rings is 2. The third kappa shape index (κ3) is 12.5. The van der Waals surface area contributed by atoms with E-state index in [9.17, 15) is 0 Å². The Bertz CT molecular complexity index is 1860. The Balaban J connectivity index is 1.03. The quantitative estimate of drug-likeness (QED) is 0.0410. The third-order valence-electron chi connectivity index (χ3n) is 15.2. The highest BCUT2D eigenvalue weighted by Crippen LogP contribution is 2.75. The second-order valence-electron chi connectivity index (χ2n) is 20.4. The van der Waals surface area contributed by atoms with Crippen LogP contribution in [0.4, 0.5) is 26.3 Å². The molecule has 1 fully saturated rings. The first-order valence-corrected chi connectivity index (χ1v) is 28.3. The average Bonchev–Trinajstić information content (AvgIpc) is 3.90. The molecular formula is C57H82F6N2S2+2. The first kappa shape index (κ1) is 53.9. The molecule has 2 aliphatic carbocycles. The van der Waals surface area contributed by atoms with Gasteiger partial charge in [0.25, 0.3) is 0 Å². The highest BCUT2D eigenvalue weighted by Gasteiger charge is 2.84. The Morgan fingerprint density at radius 2 is 0.642 bits per heavy atom. The van der Waals surface area contributed by atoms with E-state index in [4.69, 9.17) is 0 Å². The van der Waals surface area contributed by atoms with Gasteiger partial charge in [-0.05, 0) is 61.1 Å². The predicted octanol–water partition coefficient (Wildman–Crippen LogP) is 18.1. The maximum absolute atomic E-state index is 16.0. The van der Waals surface area contributed by atoms with Gasteiger partial charge in [0.1, 0.15) is 13.1 Å². The molecule has 0 saturated heterocycles. The minimum absolute atomic E-state index is 0.129. The summed E-state index contributed by atoms with van der Waals surface area (Å²) in [5.41, 5.74) is -1.17. The summed E-state index contributed by atoms with van der Waals surface area (Å²) in [4.78, 5) is 1.23. The highest BCUT2D eigenvalue weighted by molar-refractivity contribution is 8.14. The van der Waals surface area contributed by atoms with Gasteiger partial charge in [0.05, 0.1) is 9.49 Å². The minimum atomic E-state index is -5.57. The van der Waals surface area contributed by atoms with Gasteiger partial charge in [-0.3, -0.25) is 0 Å². The molecule has 0 unspecified atom stereocenters. The van der Waals surface area contributed by atoms with Gasteiger partial charge in [-0.1, -0.05) is 168 Å². The van der Waals surface area contributed by atoms with E-state index in [0.717, 1.165) is 49.9 Å². The minimum Gasteiger partial charge on any atom is -0.205 e. The van der Waals surface area contributed by atoms with Crippen LogP contribution in [0, 0.1) is 0 Å². The standard InChI is InChI=1S/C57H82F6N2S2/c1-5-7-9-11-13-15-17-19-21-23-25-27-29-31-37-64-39-33-45(34-40-64)49-43-47-51-52(56(60,61)57(62,63)55(51,58)59)48-44-50(67-54(48,4)53(47,3)66-49)46-35-41-65(42-36-46)38-32-30-28-26-24-22-20-18-16-14-12-10-8-6-2/h33-36,39-44H,5-32,37-38H2,1-4H3/q+2/t53-,54-/m1/s1. The van der Waals surface area contributed by atoms with Crippen molar-refractivity contribution < 1.29 is 35.5 Å². The smallest absolute Gasteiger partial charge is 0.205 e. The average molecular weight is 973 g/mol. The molecule has 6 rings (SSSR count). The summed E-state index contributed by atoms with van der Waals surface area (Å²) in [5.74, 6) is -15.7. The molecule has 67 heavy (non-hydrogen) atoms. The largest absolute Gasteiger partial charge is 0.380 e. The van der Waals surface area contributed by atoms with Crippen molar-refractivity contribution in [2.75, 3.05) is 0 Å². The van der Waals surface area contributed by atoms with Crippen LogP contribution in [-0.2, 0) is 13.1 Å². The van der Waals surface area contributed by atoms with E-state index < -0.39 is 38.4 Å². The van der Waals surface area contributed by atoms with Crippen molar-refractivity contribution in [3.05, 3.63) is 94.6 Å². The lowest BCUT2D eigenvalue weighted by Gasteiger charge is -2.47. The van der Waals surface area contributed by atoms with Gasteiger partial charge in [-0.25, -0.2) is 9.13 Å². The molecule has 2 atom stereocenters. The van der Waals surface area contributed by atoms with Gasteiger partial charge in [0.2, 0.25) is 0 Å². The fourth-order valence-electron chi connectivity index (χ4n) is 10.7. The van der Waals surface area contributed by atoms with Gasteiger partial charge < -0.3 is 0 Å². The molecule has 2 aliphatic heterocycles. The third-order valence-corrected chi connectivity index (χ3v) is 18.6. The molecule has 0 N–H and O–H groups in total. The van der Waals surface area contributed by atoms with E-state index in [0.29, 0.717) is 9.81 Å². The Hall–Kier alpha value is -2.46. The molecule has 2 aromatic rings. The number of hydrogen-bond acceptors (Lipinski definition) is 2. The maximum Gasteiger partial charge on any atom is 0.380 e. The first-order valence-electron chi connectivity index (χ1n) is 26.7. The highest BCUT2D eigenvalue weighted by atomic mass is 32.2. The van der Waals surface area contributed by atoms with Crippen LogP contribution in [0.5, 0.6) is 0 Å². The topological polar surface area (TPSA) is 7.76 Å². The van der Waals surface area contributed by atoms with Gasteiger partial charge in [0.15, 0.2) is 24.8 Å². The van der Waals surface area contributed by atoms with Gasteiger partial charge in [0, 0.05) is 58.1 Å². The monoisotopic (exact) mass is 973 g/mol.